The maximum atomic E-state index is 15.1. The first-order chi connectivity index (χ1) is 21.9. The summed E-state index contributed by atoms with van der Waals surface area (Å²) in [6.07, 6.45) is 0.818. The molecule has 0 saturated heterocycles. The van der Waals surface area contributed by atoms with Gasteiger partial charge in [0.1, 0.15) is 18.4 Å². The molecule has 1 N–H and O–H groups in total. The van der Waals surface area contributed by atoms with Crippen LogP contribution in [-0.2, 0) is 32.6 Å². The number of hydrogen-bond acceptors (Lipinski definition) is 4. The molecule has 7 nitrogen and oxygen atoms in total. The topological polar surface area (TPSA) is 86.8 Å². The number of rotatable bonds is 13. The smallest absolute Gasteiger partial charge is 0.264 e. The van der Waals surface area contributed by atoms with E-state index in [1.54, 1.807) is 42.5 Å². The molecule has 0 heterocycles. The molecule has 0 aliphatic rings. The third kappa shape index (κ3) is 8.40. The summed E-state index contributed by atoms with van der Waals surface area (Å²) in [6, 6.07) is 25.7. The summed E-state index contributed by atoms with van der Waals surface area (Å²) >= 11 is 0. The summed E-state index contributed by atoms with van der Waals surface area (Å²) in [5.41, 5.74) is 4.04. The Kier molecular flexibility index (Phi) is 11.4. The van der Waals surface area contributed by atoms with Gasteiger partial charge in [0.05, 0.1) is 10.6 Å². The Bertz CT molecular complexity index is 1760. The molecule has 0 aliphatic carbocycles. The van der Waals surface area contributed by atoms with Gasteiger partial charge in [-0.1, -0.05) is 79.2 Å². The number of nitrogens with zero attached hydrogens (tertiary/aromatic N) is 2. The van der Waals surface area contributed by atoms with E-state index >= 15 is 4.39 Å². The minimum absolute atomic E-state index is 0.0279. The van der Waals surface area contributed by atoms with Crippen LogP contribution in [0, 0.1) is 26.6 Å². The fourth-order valence-electron chi connectivity index (χ4n) is 5.05. The number of carbonyl (C=O) groups is 2. The van der Waals surface area contributed by atoms with E-state index in [0.29, 0.717) is 12.1 Å². The molecule has 242 valence electrons. The van der Waals surface area contributed by atoms with Crippen LogP contribution in [0.3, 0.4) is 0 Å². The largest absolute Gasteiger partial charge is 0.352 e. The predicted molar refractivity (Wildman–Crippen MR) is 180 cm³/mol. The Balaban J connectivity index is 1.83. The molecule has 2 amide bonds. The third-order valence-electron chi connectivity index (χ3n) is 8.24. The van der Waals surface area contributed by atoms with Gasteiger partial charge in [-0.3, -0.25) is 13.9 Å². The van der Waals surface area contributed by atoms with Crippen LogP contribution in [0.25, 0.3) is 0 Å². The zero-order valence-corrected chi connectivity index (χ0v) is 27.9. The van der Waals surface area contributed by atoms with E-state index in [4.69, 9.17) is 0 Å². The lowest BCUT2D eigenvalue weighted by molar-refractivity contribution is -0.140. The maximum absolute atomic E-state index is 15.1. The first kappa shape index (κ1) is 34.4. The molecular formula is C37H42FN3O4S. The molecular weight excluding hydrogens is 601 g/mol. The Morgan fingerprint density at radius 2 is 1.50 bits per heavy atom. The van der Waals surface area contributed by atoms with Crippen LogP contribution in [0.5, 0.6) is 0 Å². The van der Waals surface area contributed by atoms with Crippen molar-refractivity contribution in [2.75, 3.05) is 10.8 Å². The van der Waals surface area contributed by atoms with Crippen LogP contribution >= 0.6 is 0 Å². The van der Waals surface area contributed by atoms with Crippen molar-refractivity contribution >= 4 is 27.5 Å². The Morgan fingerprint density at radius 3 is 2.13 bits per heavy atom. The second-order valence-corrected chi connectivity index (χ2v) is 13.6. The number of hydrogen-bond donors (Lipinski definition) is 1. The molecule has 0 aliphatic heterocycles. The lowest BCUT2D eigenvalue weighted by Crippen LogP contribution is -2.54. The predicted octanol–water partition coefficient (Wildman–Crippen LogP) is 6.50. The van der Waals surface area contributed by atoms with Crippen molar-refractivity contribution in [2.24, 2.45) is 0 Å². The first-order valence-electron chi connectivity index (χ1n) is 15.4. The Hall–Kier alpha value is -4.50. The fourth-order valence-corrected chi connectivity index (χ4v) is 6.46. The van der Waals surface area contributed by atoms with Gasteiger partial charge in [-0.05, 0) is 81.1 Å². The van der Waals surface area contributed by atoms with Crippen molar-refractivity contribution in [1.29, 1.82) is 0 Å². The van der Waals surface area contributed by atoms with E-state index in [0.717, 1.165) is 26.6 Å². The molecule has 4 aromatic rings. The number of sulfonamides is 1. The van der Waals surface area contributed by atoms with Gasteiger partial charge in [0.2, 0.25) is 11.8 Å². The van der Waals surface area contributed by atoms with Crippen LogP contribution in [0.4, 0.5) is 10.1 Å². The highest BCUT2D eigenvalue weighted by Crippen LogP contribution is 2.27. The zero-order valence-electron chi connectivity index (χ0n) is 27.0. The van der Waals surface area contributed by atoms with E-state index in [1.165, 1.54) is 23.1 Å². The van der Waals surface area contributed by atoms with Crippen molar-refractivity contribution in [1.82, 2.24) is 10.2 Å². The third-order valence-corrected chi connectivity index (χ3v) is 10.0. The van der Waals surface area contributed by atoms with E-state index in [-0.39, 0.29) is 29.5 Å². The normalized spacial score (nSPS) is 12.7. The van der Waals surface area contributed by atoms with Crippen molar-refractivity contribution in [2.45, 2.75) is 71.0 Å². The lowest BCUT2D eigenvalue weighted by atomic mass is 10.0. The SMILES string of the molecule is CC[C@H](C)NC(=O)[C@@H](Cc1ccccc1)N(Cc1ccccc1F)C(=O)CN(c1ccc(C)c(C)c1)S(=O)(=O)c1ccc(C)cc1. The summed E-state index contributed by atoms with van der Waals surface area (Å²) in [4.78, 5) is 29.8. The van der Waals surface area contributed by atoms with Gasteiger partial charge in [0.25, 0.3) is 10.0 Å². The molecule has 4 rings (SSSR count). The van der Waals surface area contributed by atoms with Crippen molar-refractivity contribution in [3.05, 3.63) is 131 Å². The zero-order chi connectivity index (χ0) is 33.4. The van der Waals surface area contributed by atoms with Crippen molar-refractivity contribution in [3.8, 4) is 0 Å². The molecule has 9 heteroatoms. The average Bonchev–Trinajstić information content (AvgIpc) is 3.04. The molecule has 4 aromatic carbocycles. The van der Waals surface area contributed by atoms with Crippen molar-refractivity contribution < 1.29 is 22.4 Å². The Labute approximate surface area is 272 Å². The van der Waals surface area contributed by atoms with Crippen LogP contribution in [-0.4, -0.2) is 43.8 Å². The molecule has 0 radical (unpaired) electrons. The van der Waals surface area contributed by atoms with Gasteiger partial charge >= 0.3 is 0 Å². The Morgan fingerprint density at radius 1 is 0.848 bits per heavy atom. The van der Waals surface area contributed by atoms with Gasteiger partial charge in [0, 0.05) is 24.6 Å². The van der Waals surface area contributed by atoms with Gasteiger partial charge < -0.3 is 10.2 Å². The highest BCUT2D eigenvalue weighted by molar-refractivity contribution is 7.92. The number of halogens is 1. The van der Waals surface area contributed by atoms with E-state index in [9.17, 15) is 18.0 Å². The lowest BCUT2D eigenvalue weighted by Gasteiger charge is -2.34. The second kappa shape index (κ2) is 15.2. The van der Waals surface area contributed by atoms with E-state index in [2.05, 4.69) is 5.32 Å². The van der Waals surface area contributed by atoms with Crippen LogP contribution in [0.1, 0.15) is 48.1 Å². The van der Waals surface area contributed by atoms with Gasteiger partial charge in [-0.2, -0.15) is 0 Å². The molecule has 0 spiro atoms. The van der Waals surface area contributed by atoms with E-state index in [1.807, 2.05) is 71.0 Å². The van der Waals surface area contributed by atoms with Crippen LogP contribution < -0.4 is 9.62 Å². The highest BCUT2D eigenvalue weighted by atomic mass is 32.2. The van der Waals surface area contributed by atoms with Crippen LogP contribution in [0.15, 0.2) is 102 Å². The number of nitrogens with one attached hydrogen (secondary N) is 1. The molecule has 0 unspecified atom stereocenters. The van der Waals surface area contributed by atoms with Gasteiger partial charge in [-0.25, -0.2) is 12.8 Å². The average molecular weight is 644 g/mol. The first-order valence-corrected chi connectivity index (χ1v) is 16.9. The summed E-state index contributed by atoms with van der Waals surface area (Å²) < 4.78 is 44.6. The number of carbonyl (C=O) groups excluding carboxylic acids is 2. The molecule has 2 atom stereocenters. The molecule has 0 saturated carbocycles. The number of benzene rings is 4. The standard InChI is InChI=1S/C37H42FN3O4S/c1-6-29(5)39-37(43)35(23-30-12-8-7-9-13-30)40(24-31-14-10-11-15-34(31)38)36(42)25-41(32-19-18-27(3)28(4)22-32)46(44,45)33-20-16-26(2)17-21-33/h7-22,29,35H,6,23-25H2,1-5H3,(H,39,43)/t29-,35+/m0/s1. The molecule has 46 heavy (non-hydrogen) atoms. The molecule has 0 fully saturated rings. The van der Waals surface area contributed by atoms with Crippen molar-refractivity contribution in [3.63, 3.8) is 0 Å². The molecule has 0 bridgehead atoms. The quantitative estimate of drug-likeness (QED) is 0.180. The second-order valence-electron chi connectivity index (χ2n) is 11.7. The highest BCUT2D eigenvalue weighted by Gasteiger charge is 2.35. The summed E-state index contributed by atoms with van der Waals surface area (Å²) in [5, 5.41) is 2.99. The van der Waals surface area contributed by atoms with Gasteiger partial charge in [-0.15, -0.1) is 0 Å². The van der Waals surface area contributed by atoms with Gasteiger partial charge in [0.15, 0.2) is 0 Å². The summed E-state index contributed by atoms with van der Waals surface area (Å²) in [6.45, 7) is 8.63. The van der Waals surface area contributed by atoms with Crippen LogP contribution in [0.2, 0.25) is 0 Å². The maximum Gasteiger partial charge on any atom is 0.264 e. The summed E-state index contributed by atoms with van der Waals surface area (Å²) in [5.74, 6) is -1.57. The monoisotopic (exact) mass is 643 g/mol. The number of amides is 2. The fraction of sp³-hybridized carbons (Fsp3) is 0.297. The number of aryl methyl sites for hydroxylation is 3. The minimum atomic E-state index is -4.23. The molecule has 0 aromatic heterocycles. The van der Waals surface area contributed by atoms with E-state index < -0.39 is 40.2 Å². The minimum Gasteiger partial charge on any atom is -0.352 e. The number of anilines is 1. The summed E-state index contributed by atoms with van der Waals surface area (Å²) in [7, 11) is -4.23.